The molecule has 0 radical (unpaired) electrons. The fourth-order valence-corrected chi connectivity index (χ4v) is 3.18. The molecule has 0 amide bonds. The average Bonchev–Trinajstić information content (AvgIpc) is 2.48. The van der Waals surface area contributed by atoms with Gasteiger partial charge in [-0.3, -0.25) is 0 Å². The lowest BCUT2D eigenvalue weighted by molar-refractivity contribution is -0.100. The number of hydrogen-bond acceptors (Lipinski definition) is 3. The fourth-order valence-electron chi connectivity index (χ4n) is 2.49. The van der Waals surface area contributed by atoms with Crippen LogP contribution in [0.15, 0.2) is 0 Å². The number of hydrogen-bond donors (Lipinski definition) is 0. The van der Waals surface area contributed by atoms with Gasteiger partial charge in [-0.2, -0.15) is 0 Å². The van der Waals surface area contributed by atoms with E-state index in [-0.39, 0.29) is 18.3 Å². The summed E-state index contributed by atoms with van der Waals surface area (Å²) in [7, 11) is 0. The van der Waals surface area contributed by atoms with Crippen molar-refractivity contribution in [1.82, 2.24) is 0 Å². The second-order valence-corrected chi connectivity index (χ2v) is 7.69. The van der Waals surface area contributed by atoms with Gasteiger partial charge in [0.05, 0.1) is 18.3 Å². The maximum Gasteiger partial charge on any atom is 0.0624 e. The lowest BCUT2D eigenvalue weighted by Crippen LogP contribution is -2.38. The Morgan fingerprint density at radius 1 is 0.571 bits per heavy atom. The molecule has 3 nitrogen and oxygen atoms in total. The van der Waals surface area contributed by atoms with Crippen LogP contribution in [-0.4, -0.2) is 54.1 Å². The minimum Gasteiger partial charge on any atom is -0.378 e. The van der Waals surface area contributed by atoms with Gasteiger partial charge in [0.2, 0.25) is 0 Å². The Balaban J connectivity index is 2.35. The molecule has 1 aliphatic carbocycles. The Labute approximate surface area is 154 Å². The molecule has 1 fully saturated rings. The van der Waals surface area contributed by atoms with Crippen LogP contribution < -0.4 is 0 Å². The molecule has 21 heavy (non-hydrogen) atoms. The van der Waals surface area contributed by atoms with Gasteiger partial charge in [0.25, 0.3) is 0 Å². The third-order valence-corrected chi connectivity index (χ3v) is 5.15. The van der Waals surface area contributed by atoms with Crippen molar-refractivity contribution in [2.24, 2.45) is 0 Å². The van der Waals surface area contributed by atoms with E-state index in [1.54, 1.807) is 0 Å². The van der Waals surface area contributed by atoms with E-state index in [2.05, 4.69) is 47.8 Å². The second-order valence-electron chi connectivity index (χ2n) is 5.31. The van der Waals surface area contributed by atoms with E-state index >= 15 is 0 Å². The largest absolute Gasteiger partial charge is 0.378 e. The topological polar surface area (TPSA) is 27.7 Å². The molecule has 0 spiro atoms. The second kappa shape index (κ2) is 13.7. The van der Waals surface area contributed by atoms with Crippen molar-refractivity contribution < 1.29 is 14.2 Å². The Morgan fingerprint density at radius 3 is 1.10 bits per heavy atom. The van der Waals surface area contributed by atoms with Crippen molar-refractivity contribution in [1.29, 1.82) is 0 Å². The number of rotatable bonds is 12. The van der Waals surface area contributed by atoms with Gasteiger partial charge in [0, 0.05) is 35.8 Å². The highest BCUT2D eigenvalue weighted by Crippen LogP contribution is 2.26. The van der Waals surface area contributed by atoms with Gasteiger partial charge in [-0.05, 0) is 38.5 Å². The fraction of sp³-hybridized carbons (Fsp3) is 1.00. The van der Waals surface area contributed by atoms with E-state index in [1.807, 2.05) is 0 Å². The van der Waals surface area contributed by atoms with E-state index < -0.39 is 0 Å². The van der Waals surface area contributed by atoms with Gasteiger partial charge in [-0.25, -0.2) is 0 Å². The number of alkyl halides is 3. The highest BCUT2D eigenvalue weighted by Gasteiger charge is 2.30. The zero-order chi connectivity index (χ0) is 15.3. The summed E-state index contributed by atoms with van der Waals surface area (Å²) in [5, 5.41) is 2.99. The van der Waals surface area contributed by atoms with Crippen molar-refractivity contribution in [2.45, 2.75) is 56.8 Å². The lowest BCUT2D eigenvalue weighted by atomic mass is 9.92. The van der Waals surface area contributed by atoms with Crippen LogP contribution in [0.2, 0.25) is 0 Å². The molecular weight excluding hydrogens is 468 g/mol. The summed E-state index contributed by atoms with van der Waals surface area (Å²) in [6.07, 6.45) is 7.01. The first-order chi connectivity index (χ1) is 10.3. The molecule has 0 saturated heterocycles. The summed E-state index contributed by atoms with van der Waals surface area (Å²) in [5.74, 6) is 0. The quantitative estimate of drug-likeness (QED) is 0.291. The molecule has 0 aliphatic heterocycles. The van der Waals surface area contributed by atoms with Gasteiger partial charge in [-0.15, -0.1) is 0 Å². The molecule has 0 unspecified atom stereocenters. The van der Waals surface area contributed by atoms with E-state index in [0.717, 1.165) is 74.3 Å². The predicted octanol–water partition coefficient (Wildman–Crippen LogP) is 4.68. The summed E-state index contributed by atoms with van der Waals surface area (Å²) in [4.78, 5) is 0. The Kier molecular flexibility index (Phi) is 13.3. The Bertz CT molecular complexity index is 200. The zero-order valence-electron chi connectivity index (χ0n) is 12.6. The molecular formula is C15H27Br3O3. The molecule has 0 aromatic heterocycles. The van der Waals surface area contributed by atoms with Crippen LogP contribution in [0.25, 0.3) is 0 Å². The average molecular weight is 495 g/mol. The summed E-state index contributed by atoms with van der Waals surface area (Å²) in [6, 6.07) is 0. The standard InChI is InChI=1S/C15H27Br3O3/c16-4-1-7-19-13-10-14(20-8-2-5-17)12-15(11-13)21-9-3-6-18/h13-15H,1-12H2. The normalized spacial score (nSPS) is 26.1. The first-order valence-electron chi connectivity index (χ1n) is 7.82. The minimum absolute atomic E-state index is 0.278. The van der Waals surface area contributed by atoms with Crippen LogP contribution in [0.4, 0.5) is 0 Å². The molecule has 0 N–H and O–H groups in total. The smallest absolute Gasteiger partial charge is 0.0624 e. The van der Waals surface area contributed by atoms with Crippen LogP contribution >= 0.6 is 47.8 Å². The maximum absolute atomic E-state index is 5.99. The molecule has 0 heterocycles. The predicted molar refractivity (Wildman–Crippen MR) is 98.3 cm³/mol. The molecule has 0 aromatic rings. The highest BCUT2D eigenvalue weighted by atomic mass is 79.9. The third-order valence-electron chi connectivity index (χ3n) is 3.47. The van der Waals surface area contributed by atoms with Gasteiger partial charge in [0.1, 0.15) is 0 Å². The summed E-state index contributed by atoms with van der Waals surface area (Å²) < 4.78 is 18.0. The SMILES string of the molecule is BrCCCOC1CC(OCCCBr)CC(OCCCBr)C1. The third kappa shape index (κ3) is 9.92. The van der Waals surface area contributed by atoms with Crippen LogP contribution in [0.1, 0.15) is 38.5 Å². The minimum atomic E-state index is 0.278. The van der Waals surface area contributed by atoms with Crippen molar-refractivity contribution in [3.8, 4) is 0 Å². The number of ether oxygens (including phenoxy) is 3. The Morgan fingerprint density at radius 2 is 0.857 bits per heavy atom. The molecule has 0 bridgehead atoms. The van der Waals surface area contributed by atoms with Gasteiger partial charge in [-0.1, -0.05) is 47.8 Å². The molecule has 126 valence electrons. The van der Waals surface area contributed by atoms with Gasteiger partial charge >= 0.3 is 0 Å². The monoisotopic (exact) mass is 492 g/mol. The molecule has 0 aromatic carbocycles. The molecule has 6 heteroatoms. The first-order valence-corrected chi connectivity index (χ1v) is 11.2. The highest BCUT2D eigenvalue weighted by molar-refractivity contribution is 9.09. The molecule has 1 rings (SSSR count). The van der Waals surface area contributed by atoms with Crippen molar-refractivity contribution >= 4 is 47.8 Å². The van der Waals surface area contributed by atoms with Crippen molar-refractivity contribution in [2.75, 3.05) is 35.8 Å². The summed E-state index contributed by atoms with van der Waals surface area (Å²) in [6.45, 7) is 2.45. The van der Waals surface area contributed by atoms with Crippen LogP contribution in [0.3, 0.4) is 0 Å². The van der Waals surface area contributed by atoms with E-state index in [0.29, 0.717) is 0 Å². The first kappa shape index (κ1) is 20.4. The van der Waals surface area contributed by atoms with Crippen molar-refractivity contribution in [3.63, 3.8) is 0 Å². The molecule has 1 saturated carbocycles. The molecule has 1 aliphatic rings. The van der Waals surface area contributed by atoms with E-state index in [4.69, 9.17) is 14.2 Å². The molecule has 0 atom stereocenters. The number of halogens is 3. The van der Waals surface area contributed by atoms with Crippen LogP contribution in [-0.2, 0) is 14.2 Å². The van der Waals surface area contributed by atoms with Crippen LogP contribution in [0.5, 0.6) is 0 Å². The van der Waals surface area contributed by atoms with E-state index in [9.17, 15) is 0 Å². The maximum atomic E-state index is 5.99. The van der Waals surface area contributed by atoms with Crippen molar-refractivity contribution in [3.05, 3.63) is 0 Å². The van der Waals surface area contributed by atoms with E-state index in [1.165, 1.54) is 0 Å². The lowest BCUT2D eigenvalue weighted by Gasteiger charge is -2.34. The zero-order valence-corrected chi connectivity index (χ0v) is 17.3. The van der Waals surface area contributed by atoms with Gasteiger partial charge < -0.3 is 14.2 Å². The summed E-state index contributed by atoms with van der Waals surface area (Å²) >= 11 is 10.3. The van der Waals surface area contributed by atoms with Gasteiger partial charge in [0.15, 0.2) is 0 Å². The Hall–Kier alpha value is 1.32. The van der Waals surface area contributed by atoms with Crippen LogP contribution in [0, 0.1) is 0 Å². The summed E-state index contributed by atoms with van der Waals surface area (Å²) in [5.41, 5.74) is 0.